The van der Waals surface area contributed by atoms with Gasteiger partial charge in [-0.2, -0.15) is 0 Å². The maximum absolute atomic E-state index is 12.3. The van der Waals surface area contributed by atoms with Gasteiger partial charge < -0.3 is 10.6 Å². The third-order valence-electron chi connectivity index (χ3n) is 2.93. The van der Waals surface area contributed by atoms with E-state index < -0.39 is 0 Å². The van der Waals surface area contributed by atoms with E-state index in [4.69, 9.17) is 5.73 Å². The molecule has 0 bridgehead atoms. The van der Waals surface area contributed by atoms with Gasteiger partial charge in [-0.3, -0.25) is 9.78 Å². The number of aromatic nitrogens is 1. The Morgan fingerprint density at radius 2 is 2.10 bits per heavy atom. The van der Waals surface area contributed by atoms with Crippen LogP contribution in [0.4, 0.5) is 0 Å². The average Bonchev–Trinajstić information content (AvgIpc) is 2.46. The fourth-order valence-electron chi connectivity index (χ4n) is 1.89. The molecule has 0 saturated heterocycles. The van der Waals surface area contributed by atoms with Crippen molar-refractivity contribution < 1.29 is 4.79 Å². The van der Waals surface area contributed by atoms with Crippen LogP contribution < -0.4 is 5.73 Å². The van der Waals surface area contributed by atoms with Crippen LogP contribution in [-0.2, 0) is 13.1 Å². The highest BCUT2D eigenvalue weighted by atomic mass is 79.9. The summed E-state index contributed by atoms with van der Waals surface area (Å²) in [5.41, 5.74) is 7.96. The molecule has 0 unspecified atom stereocenters. The summed E-state index contributed by atoms with van der Waals surface area (Å²) in [5, 5.41) is 0. The summed E-state index contributed by atoms with van der Waals surface area (Å²) in [5.74, 6) is -0.111. The second kappa shape index (κ2) is 6.63. The standard InChI is InChI=1S/C15H16BrN3O/c1-19(10-12-3-2-4-13(16)7-12)15(20)14-8-11(9-17)5-6-18-14/h2-8H,9-10,17H2,1H3. The molecule has 1 heterocycles. The van der Waals surface area contributed by atoms with Crippen LogP contribution in [-0.4, -0.2) is 22.8 Å². The Kier molecular flexibility index (Phi) is 4.87. The number of rotatable bonds is 4. The van der Waals surface area contributed by atoms with Crippen LogP contribution in [0, 0.1) is 0 Å². The first-order valence-corrected chi connectivity index (χ1v) is 7.04. The lowest BCUT2D eigenvalue weighted by atomic mass is 10.2. The number of amides is 1. The van der Waals surface area contributed by atoms with Crippen molar-refractivity contribution in [2.45, 2.75) is 13.1 Å². The van der Waals surface area contributed by atoms with Gasteiger partial charge in [0.15, 0.2) is 0 Å². The second-order valence-electron chi connectivity index (χ2n) is 4.54. The van der Waals surface area contributed by atoms with Crippen LogP contribution in [0.15, 0.2) is 47.1 Å². The zero-order valence-electron chi connectivity index (χ0n) is 11.2. The summed E-state index contributed by atoms with van der Waals surface area (Å²) < 4.78 is 0.999. The van der Waals surface area contributed by atoms with Gasteiger partial charge >= 0.3 is 0 Å². The zero-order chi connectivity index (χ0) is 14.5. The molecule has 1 aromatic carbocycles. The van der Waals surface area contributed by atoms with Gasteiger partial charge in [-0.1, -0.05) is 28.1 Å². The van der Waals surface area contributed by atoms with E-state index in [2.05, 4.69) is 20.9 Å². The molecule has 0 spiro atoms. The highest BCUT2D eigenvalue weighted by Crippen LogP contribution is 2.14. The van der Waals surface area contributed by atoms with E-state index in [1.807, 2.05) is 30.3 Å². The van der Waals surface area contributed by atoms with E-state index in [1.165, 1.54) is 0 Å². The Morgan fingerprint density at radius 3 is 2.80 bits per heavy atom. The smallest absolute Gasteiger partial charge is 0.272 e. The first kappa shape index (κ1) is 14.7. The van der Waals surface area contributed by atoms with Gasteiger partial charge in [0.05, 0.1) is 0 Å². The van der Waals surface area contributed by atoms with E-state index in [9.17, 15) is 4.79 Å². The molecule has 2 rings (SSSR count). The molecule has 1 amide bonds. The van der Waals surface area contributed by atoms with Crippen molar-refractivity contribution >= 4 is 21.8 Å². The zero-order valence-corrected chi connectivity index (χ0v) is 12.8. The minimum absolute atomic E-state index is 0.111. The van der Waals surface area contributed by atoms with Crippen LogP contribution in [0.2, 0.25) is 0 Å². The minimum atomic E-state index is -0.111. The molecule has 2 N–H and O–H groups in total. The maximum atomic E-state index is 12.3. The molecule has 0 fully saturated rings. The number of carbonyl (C=O) groups is 1. The molecule has 5 heteroatoms. The topological polar surface area (TPSA) is 59.2 Å². The monoisotopic (exact) mass is 333 g/mol. The van der Waals surface area contributed by atoms with E-state index in [1.54, 1.807) is 24.2 Å². The third-order valence-corrected chi connectivity index (χ3v) is 3.43. The van der Waals surface area contributed by atoms with Crippen LogP contribution in [0.25, 0.3) is 0 Å². The highest BCUT2D eigenvalue weighted by Gasteiger charge is 2.13. The van der Waals surface area contributed by atoms with Crippen LogP contribution in [0.3, 0.4) is 0 Å². The third kappa shape index (κ3) is 3.65. The maximum Gasteiger partial charge on any atom is 0.272 e. The number of nitrogens with two attached hydrogens (primary N) is 1. The molecule has 0 radical (unpaired) electrons. The predicted octanol–water partition coefficient (Wildman–Crippen LogP) is 2.58. The average molecular weight is 334 g/mol. The SMILES string of the molecule is CN(Cc1cccc(Br)c1)C(=O)c1cc(CN)ccn1. The van der Waals surface area contributed by atoms with Crippen LogP contribution in [0.1, 0.15) is 21.6 Å². The molecule has 1 aromatic heterocycles. The minimum Gasteiger partial charge on any atom is -0.336 e. The van der Waals surface area contributed by atoms with Crippen molar-refractivity contribution in [3.8, 4) is 0 Å². The highest BCUT2D eigenvalue weighted by molar-refractivity contribution is 9.10. The lowest BCUT2D eigenvalue weighted by molar-refractivity contribution is 0.0779. The van der Waals surface area contributed by atoms with Crippen molar-refractivity contribution in [3.05, 3.63) is 63.9 Å². The van der Waals surface area contributed by atoms with E-state index >= 15 is 0 Å². The number of hydrogen-bond donors (Lipinski definition) is 1. The van der Waals surface area contributed by atoms with Crippen molar-refractivity contribution in [1.29, 1.82) is 0 Å². The van der Waals surface area contributed by atoms with Gasteiger partial charge in [-0.05, 0) is 35.4 Å². The lowest BCUT2D eigenvalue weighted by Crippen LogP contribution is -2.27. The molecular weight excluding hydrogens is 318 g/mol. The van der Waals surface area contributed by atoms with Crippen LogP contribution in [0.5, 0.6) is 0 Å². The first-order valence-electron chi connectivity index (χ1n) is 6.25. The van der Waals surface area contributed by atoms with Crippen molar-refractivity contribution in [2.24, 2.45) is 5.73 Å². The summed E-state index contributed by atoms with van der Waals surface area (Å²) in [6, 6.07) is 11.4. The summed E-state index contributed by atoms with van der Waals surface area (Å²) in [7, 11) is 1.76. The Morgan fingerprint density at radius 1 is 1.30 bits per heavy atom. The second-order valence-corrected chi connectivity index (χ2v) is 5.46. The summed E-state index contributed by atoms with van der Waals surface area (Å²) >= 11 is 3.42. The molecule has 0 aliphatic rings. The normalized spacial score (nSPS) is 10.3. The van der Waals surface area contributed by atoms with E-state index in [-0.39, 0.29) is 5.91 Å². The molecule has 4 nitrogen and oxygen atoms in total. The molecular formula is C15H16BrN3O. The molecule has 2 aromatic rings. The first-order chi connectivity index (χ1) is 9.60. The van der Waals surface area contributed by atoms with Crippen LogP contribution >= 0.6 is 15.9 Å². The molecule has 0 aliphatic carbocycles. The fourth-order valence-corrected chi connectivity index (χ4v) is 2.34. The number of carbonyl (C=O) groups excluding carboxylic acids is 1. The number of halogens is 1. The van der Waals surface area contributed by atoms with Crippen molar-refractivity contribution in [3.63, 3.8) is 0 Å². The molecule has 20 heavy (non-hydrogen) atoms. The Hall–Kier alpha value is -1.72. The molecule has 104 valence electrons. The van der Waals surface area contributed by atoms with E-state index in [0.717, 1.165) is 15.6 Å². The fraction of sp³-hybridized carbons (Fsp3) is 0.200. The van der Waals surface area contributed by atoms with Gasteiger partial charge in [0.25, 0.3) is 5.91 Å². The Balaban J connectivity index is 2.12. The summed E-state index contributed by atoms with van der Waals surface area (Å²) in [4.78, 5) is 18.1. The largest absolute Gasteiger partial charge is 0.336 e. The Labute approximate surface area is 126 Å². The van der Waals surface area contributed by atoms with Gasteiger partial charge in [0, 0.05) is 30.8 Å². The number of nitrogens with zero attached hydrogens (tertiary/aromatic N) is 2. The van der Waals surface area contributed by atoms with E-state index in [0.29, 0.717) is 18.8 Å². The predicted molar refractivity (Wildman–Crippen MR) is 82.1 cm³/mol. The Bertz CT molecular complexity index is 616. The number of hydrogen-bond acceptors (Lipinski definition) is 3. The molecule has 0 aliphatic heterocycles. The lowest BCUT2D eigenvalue weighted by Gasteiger charge is -2.17. The van der Waals surface area contributed by atoms with Gasteiger partial charge in [0.2, 0.25) is 0 Å². The quantitative estimate of drug-likeness (QED) is 0.935. The van der Waals surface area contributed by atoms with Gasteiger partial charge in [-0.15, -0.1) is 0 Å². The number of pyridine rings is 1. The molecule has 0 atom stereocenters. The summed E-state index contributed by atoms with van der Waals surface area (Å²) in [6.45, 7) is 0.935. The van der Waals surface area contributed by atoms with Gasteiger partial charge in [0.1, 0.15) is 5.69 Å². The molecule has 0 saturated carbocycles. The van der Waals surface area contributed by atoms with Crippen molar-refractivity contribution in [1.82, 2.24) is 9.88 Å². The van der Waals surface area contributed by atoms with Crippen molar-refractivity contribution in [2.75, 3.05) is 7.05 Å². The van der Waals surface area contributed by atoms with Gasteiger partial charge in [-0.25, -0.2) is 0 Å². The number of benzene rings is 1. The summed E-state index contributed by atoms with van der Waals surface area (Å²) in [6.07, 6.45) is 1.61.